The molecule has 0 bridgehead atoms. The third-order valence-electron chi connectivity index (χ3n) is 14.4. The molecule has 0 amide bonds. The van der Waals surface area contributed by atoms with Crippen molar-refractivity contribution in [2.24, 2.45) is 0 Å². The number of rotatable bonds is 8. The van der Waals surface area contributed by atoms with Crippen LogP contribution in [0.3, 0.4) is 0 Å². The Morgan fingerprint density at radius 2 is 0.817 bits per heavy atom. The first-order chi connectivity index (χ1) is 35.2. The predicted molar refractivity (Wildman–Crippen MR) is 299 cm³/mol. The highest BCUT2D eigenvalue weighted by molar-refractivity contribution is 6.14. The molecule has 0 atom stereocenters. The molecule has 0 saturated heterocycles. The summed E-state index contributed by atoms with van der Waals surface area (Å²) in [5.74, 6) is 0. The van der Waals surface area contributed by atoms with Crippen molar-refractivity contribution in [1.82, 2.24) is 4.57 Å². The van der Waals surface area contributed by atoms with Gasteiger partial charge in [-0.3, -0.25) is 0 Å². The van der Waals surface area contributed by atoms with E-state index in [1.54, 1.807) is 0 Å². The van der Waals surface area contributed by atoms with E-state index < -0.39 is 0 Å². The lowest BCUT2D eigenvalue weighted by Gasteiger charge is -2.26. The minimum Gasteiger partial charge on any atom is -0.455 e. The van der Waals surface area contributed by atoms with Crippen LogP contribution < -0.4 is 4.90 Å². The van der Waals surface area contributed by atoms with Crippen LogP contribution in [0.1, 0.15) is 0 Å². The van der Waals surface area contributed by atoms with Crippen molar-refractivity contribution in [2.75, 3.05) is 4.90 Å². The van der Waals surface area contributed by atoms with Crippen LogP contribution in [0.5, 0.6) is 0 Å². The summed E-state index contributed by atoms with van der Waals surface area (Å²) in [5, 5.41) is 9.76. The highest BCUT2D eigenvalue weighted by Crippen LogP contribution is 2.43. The van der Waals surface area contributed by atoms with Crippen molar-refractivity contribution < 1.29 is 4.42 Å². The normalized spacial score (nSPS) is 11.7. The fourth-order valence-corrected chi connectivity index (χ4v) is 11.1. The van der Waals surface area contributed by atoms with Gasteiger partial charge in [-0.05, 0) is 128 Å². The quantitative estimate of drug-likeness (QED) is 0.142. The largest absolute Gasteiger partial charge is 0.455 e. The van der Waals surface area contributed by atoms with Crippen LogP contribution >= 0.6 is 0 Å². The lowest BCUT2D eigenvalue weighted by Crippen LogP contribution is -2.10. The molecule has 0 aliphatic carbocycles. The van der Waals surface area contributed by atoms with Gasteiger partial charge >= 0.3 is 0 Å². The zero-order chi connectivity index (χ0) is 46.8. The fourth-order valence-electron chi connectivity index (χ4n) is 11.1. The van der Waals surface area contributed by atoms with Gasteiger partial charge in [0.25, 0.3) is 0 Å². The Hall–Kier alpha value is -9.44. The van der Waals surface area contributed by atoms with Crippen LogP contribution in [0, 0.1) is 0 Å². The Balaban J connectivity index is 0.870. The van der Waals surface area contributed by atoms with Gasteiger partial charge in [-0.15, -0.1) is 0 Å². The van der Waals surface area contributed by atoms with Crippen LogP contribution in [-0.2, 0) is 0 Å². The summed E-state index contributed by atoms with van der Waals surface area (Å²) in [7, 11) is 0. The van der Waals surface area contributed by atoms with Gasteiger partial charge < -0.3 is 13.9 Å². The molecule has 71 heavy (non-hydrogen) atoms. The van der Waals surface area contributed by atoms with E-state index in [0.717, 1.165) is 72.5 Å². The van der Waals surface area contributed by atoms with Crippen LogP contribution in [-0.4, -0.2) is 4.57 Å². The average molecular weight is 905 g/mol. The number of fused-ring (bicyclic) bond motifs is 9. The number of para-hydroxylation sites is 5. The Kier molecular flexibility index (Phi) is 9.53. The zero-order valence-corrected chi connectivity index (χ0v) is 38.7. The monoisotopic (exact) mass is 904 g/mol. The second kappa shape index (κ2) is 16.7. The van der Waals surface area contributed by atoms with E-state index in [1.165, 1.54) is 60.0 Å². The van der Waals surface area contributed by atoms with Crippen LogP contribution in [0.4, 0.5) is 17.1 Å². The maximum Gasteiger partial charge on any atom is 0.143 e. The van der Waals surface area contributed by atoms with Crippen LogP contribution in [0.2, 0.25) is 0 Å². The molecule has 0 aliphatic rings. The highest BCUT2D eigenvalue weighted by atomic mass is 16.3. The van der Waals surface area contributed by atoms with Crippen LogP contribution in [0.25, 0.3) is 115 Å². The topological polar surface area (TPSA) is 21.3 Å². The molecular formula is C68H44N2O. The van der Waals surface area contributed by atoms with Crippen molar-refractivity contribution in [3.8, 4) is 50.2 Å². The standard InChI is InChI=1S/C68H44N2O/c1-2-21-54-50(16-1)44-63(58-24-4-3-23-57(54)58)49-19-14-20-53(43-49)69(52-40-36-46(37-41-52)56-28-15-29-62-61-27-8-12-33-67(61)71-68(56)62)51-38-34-45(35-39-51)47-17-13-18-48(42-47)55-22-5-9-30-64(55)70-65-31-10-6-25-59(65)60-26-7-11-32-66(60)70/h1-44H. The number of benzene rings is 12. The summed E-state index contributed by atoms with van der Waals surface area (Å²) >= 11 is 0. The maximum atomic E-state index is 6.49. The molecule has 0 saturated carbocycles. The Labute approximate surface area is 411 Å². The van der Waals surface area contributed by atoms with E-state index in [2.05, 4.69) is 264 Å². The average Bonchev–Trinajstić information content (AvgIpc) is 4.00. The second-order valence-corrected chi connectivity index (χ2v) is 18.4. The molecule has 2 aromatic heterocycles. The summed E-state index contributed by atoms with van der Waals surface area (Å²) in [6, 6.07) is 96.7. The van der Waals surface area contributed by atoms with Crippen molar-refractivity contribution in [3.63, 3.8) is 0 Å². The molecule has 0 fully saturated rings. The first-order valence-corrected chi connectivity index (χ1v) is 24.3. The molecule has 14 aromatic rings. The lowest BCUT2D eigenvalue weighted by atomic mass is 9.93. The number of nitrogens with zero attached hydrogens (tertiary/aromatic N) is 2. The number of hydrogen-bond donors (Lipinski definition) is 0. The Bertz CT molecular complexity index is 4290. The molecule has 2 heterocycles. The summed E-state index contributed by atoms with van der Waals surface area (Å²) in [6.45, 7) is 0. The molecule has 0 radical (unpaired) electrons. The number of anilines is 3. The van der Waals surface area contributed by atoms with E-state index in [9.17, 15) is 0 Å². The smallest absolute Gasteiger partial charge is 0.143 e. The molecule has 3 nitrogen and oxygen atoms in total. The van der Waals surface area contributed by atoms with E-state index in [1.807, 2.05) is 12.1 Å². The van der Waals surface area contributed by atoms with Gasteiger partial charge in [-0.25, -0.2) is 0 Å². The SMILES string of the molecule is c1cc(-c2ccc(N(c3ccc(-c4cccc5c4oc4ccccc45)cc3)c3cccc(-c4cc5ccccc5c5ccccc45)c3)cc2)cc(-c2ccccc2-n2c3ccccc3c3ccccc32)c1. The molecule has 14 rings (SSSR count). The molecule has 0 spiro atoms. The van der Waals surface area contributed by atoms with Crippen molar-refractivity contribution in [2.45, 2.75) is 0 Å². The Morgan fingerprint density at radius 3 is 1.58 bits per heavy atom. The van der Waals surface area contributed by atoms with Gasteiger partial charge in [-0.1, -0.05) is 194 Å². The molecule has 3 heteroatoms. The first-order valence-electron chi connectivity index (χ1n) is 24.3. The van der Waals surface area contributed by atoms with Gasteiger partial charge in [0.2, 0.25) is 0 Å². The number of hydrogen-bond acceptors (Lipinski definition) is 2. The van der Waals surface area contributed by atoms with Gasteiger partial charge in [0.15, 0.2) is 0 Å². The molecule has 12 aromatic carbocycles. The first kappa shape index (κ1) is 40.6. The summed E-state index contributed by atoms with van der Waals surface area (Å²) in [4.78, 5) is 2.38. The van der Waals surface area contributed by atoms with Crippen molar-refractivity contribution >= 4 is 82.4 Å². The van der Waals surface area contributed by atoms with Crippen molar-refractivity contribution in [1.29, 1.82) is 0 Å². The molecular weight excluding hydrogens is 861 g/mol. The third kappa shape index (κ3) is 6.82. The molecule has 0 N–H and O–H groups in total. The van der Waals surface area contributed by atoms with Gasteiger partial charge in [0.1, 0.15) is 11.2 Å². The number of aromatic nitrogens is 1. The molecule has 0 aliphatic heterocycles. The minimum absolute atomic E-state index is 0.899. The fraction of sp³-hybridized carbons (Fsp3) is 0. The van der Waals surface area contributed by atoms with Crippen LogP contribution in [0.15, 0.2) is 271 Å². The third-order valence-corrected chi connectivity index (χ3v) is 14.4. The summed E-state index contributed by atoms with van der Waals surface area (Å²) in [6.07, 6.45) is 0. The lowest BCUT2D eigenvalue weighted by molar-refractivity contribution is 0.670. The molecule has 332 valence electrons. The van der Waals surface area contributed by atoms with E-state index in [-0.39, 0.29) is 0 Å². The minimum atomic E-state index is 0.899. The predicted octanol–water partition coefficient (Wildman–Crippen LogP) is 19.1. The second-order valence-electron chi connectivity index (χ2n) is 18.4. The highest BCUT2D eigenvalue weighted by Gasteiger charge is 2.19. The van der Waals surface area contributed by atoms with Gasteiger partial charge in [0.05, 0.1) is 16.7 Å². The summed E-state index contributed by atoms with van der Waals surface area (Å²) in [5.41, 5.74) is 17.8. The Morgan fingerprint density at radius 1 is 0.282 bits per heavy atom. The van der Waals surface area contributed by atoms with E-state index >= 15 is 0 Å². The van der Waals surface area contributed by atoms with Gasteiger partial charge in [0, 0.05) is 49.7 Å². The maximum absolute atomic E-state index is 6.49. The molecule has 0 unspecified atom stereocenters. The van der Waals surface area contributed by atoms with E-state index in [0.29, 0.717) is 0 Å². The zero-order valence-electron chi connectivity index (χ0n) is 38.7. The summed E-state index contributed by atoms with van der Waals surface area (Å²) < 4.78 is 8.90. The van der Waals surface area contributed by atoms with Crippen molar-refractivity contribution in [3.05, 3.63) is 267 Å². The number of furan rings is 1. The van der Waals surface area contributed by atoms with E-state index in [4.69, 9.17) is 4.42 Å². The van der Waals surface area contributed by atoms with Gasteiger partial charge in [-0.2, -0.15) is 0 Å².